The molecule has 1 amide bonds. The van der Waals surface area contributed by atoms with E-state index in [1.54, 1.807) is 55.6 Å². The minimum Gasteiger partial charge on any atom is -0.507 e. The van der Waals surface area contributed by atoms with Crippen molar-refractivity contribution in [1.29, 1.82) is 0 Å². The zero-order valence-corrected chi connectivity index (χ0v) is 21.3. The number of aliphatic hydroxyl groups is 1. The van der Waals surface area contributed by atoms with Gasteiger partial charge in [-0.25, -0.2) is 4.79 Å². The predicted octanol–water partition coefficient (Wildman–Crippen LogP) is 5.25. The van der Waals surface area contributed by atoms with E-state index >= 15 is 0 Å². The number of esters is 1. The van der Waals surface area contributed by atoms with Crippen LogP contribution in [0.1, 0.15) is 46.4 Å². The number of anilines is 1. The van der Waals surface area contributed by atoms with Gasteiger partial charge in [0.1, 0.15) is 11.5 Å². The quantitative estimate of drug-likeness (QED) is 0.196. The zero-order chi connectivity index (χ0) is 26.7. The number of carbonyl (C=O) groups excluding carboxylic acids is 3. The highest BCUT2D eigenvalue weighted by atomic mass is 35.5. The largest absolute Gasteiger partial charge is 0.507 e. The molecule has 0 saturated carbocycles. The molecule has 9 heteroatoms. The lowest BCUT2D eigenvalue weighted by atomic mass is 9.95. The van der Waals surface area contributed by atoms with Gasteiger partial charge in [-0.2, -0.15) is 0 Å². The molecule has 1 aliphatic rings. The van der Waals surface area contributed by atoms with Gasteiger partial charge in [0.2, 0.25) is 0 Å². The third-order valence-corrected chi connectivity index (χ3v) is 6.17. The maximum absolute atomic E-state index is 13.4. The van der Waals surface area contributed by atoms with Crippen molar-refractivity contribution >= 4 is 40.7 Å². The van der Waals surface area contributed by atoms with Crippen molar-refractivity contribution in [3.8, 4) is 5.75 Å². The molecule has 0 spiro atoms. The molecule has 37 heavy (non-hydrogen) atoms. The number of nitrogens with zero attached hydrogens (tertiary/aromatic N) is 2. The summed E-state index contributed by atoms with van der Waals surface area (Å²) in [7, 11) is 1.40. The van der Waals surface area contributed by atoms with E-state index in [0.717, 1.165) is 5.56 Å². The molecule has 190 valence electrons. The number of amides is 1. The second-order valence-corrected chi connectivity index (χ2v) is 8.88. The van der Waals surface area contributed by atoms with Gasteiger partial charge in [0, 0.05) is 18.1 Å². The van der Waals surface area contributed by atoms with Gasteiger partial charge in [0.05, 0.1) is 41.5 Å². The minimum absolute atomic E-state index is 0.156. The summed E-state index contributed by atoms with van der Waals surface area (Å²) in [6, 6.07) is 11.9. The fourth-order valence-electron chi connectivity index (χ4n) is 4.27. The Kier molecular flexibility index (Phi) is 7.59. The molecule has 2 aromatic carbocycles. The molecule has 1 fully saturated rings. The fraction of sp³-hybridized carbons (Fsp3) is 0.214. The van der Waals surface area contributed by atoms with Crippen LogP contribution >= 0.6 is 11.6 Å². The molecule has 0 bridgehead atoms. The number of hydrogen-bond acceptors (Lipinski definition) is 7. The molecule has 1 saturated heterocycles. The molecule has 8 nitrogen and oxygen atoms in total. The fourth-order valence-corrected chi connectivity index (χ4v) is 4.62. The monoisotopic (exact) mass is 520 g/mol. The third-order valence-electron chi connectivity index (χ3n) is 5.89. The number of aryl methyl sites for hydroxylation is 1. The summed E-state index contributed by atoms with van der Waals surface area (Å²) < 4.78 is 10.6. The average molecular weight is 521 g/mol. The highest BCUT2D eigenvalue weighted by molar-refractivity contribution is 6.51. The molecule has 1 aromatic heterocycles. The number of halogens is 1. The van der Waals surface area contributed by atoms with Crippen LogP contribution in [0.2, 0.25) is 5.02 Å². The van der Waals surface area contributed by atoms with Crippen LogP contribution in [0.4, 0.5) is 5.69 Å². The number of hydrogen-bond donors (Lipinski definition) is 1. The lowest BCUT2D eigenvalue weighted by Gasteiger charge is -2.25. The van der Waals surface area contributed by atoms with Crippen LogP contribution in [-0.4, -0.2) is 41.5 Å². The van der Waals surface area contributed by atoms with Gasteiger partial charge >= 0.3 is 5.97 Å². The second-order valence-electron chi connectivity index (χ2n) is 8.47. The summed E-state index contributed by atoms with van der Waals surface area (Å²) in [6.07, 6.45) is 3.73. The first-order valence-electron chi connectivity index (χ1n) is 11.6. The van der Waals surface area contributed by atoms with Gasteiger partial charge in [-0.15, -0.1) is 0 Å². The van der Waals surface area contributed by atoms with Crippen LogP contribution in [0, 0.1) is 6.92 Å². The van der Waals surface area contributed by atoms with E-state index in [9.17, 15) is 19.5 Å². The molecule has 1 aliphatic heterocycles. The van der Waals surface area contributed by atoms with E-state index in [4.69, 9.17) is 21.1 Å². The number of carbonyl (C=O) groups is 3. The van der Waals surface area contributed by atoms with E-state index in [-0.39, 0.29) is 39.8 Å². The highest BCUT2D eigenvalue weighted by Crippen LogP contribution is 2.44. The van der Waals surface area contributed by atoms with Crippen LogP contribution in [0.25, 0.3) is 5.76 Å². The van der Waals surface area contributed by atoms with Crippen molar-refractivity contribution in [2.24, 2.45) is 0 Å². The standard InChI is InChI=1S/C28H25ClN2O6/c1-4-11-37-28(35)17-7-5-9-19(14-17)31-23(18-8-6-10-30-15-18)22(25(33)27(31)34)24(32)20-12-16(2)13-21(29)26(20)36-3/h5-10,12-15,23,32H,4,11H2,1-3H3/b24-22+. The smallest absolute Gasteiger partial charge is 0.338 e. The normalized spacial score (nSPS) is 16.6. The van der Waals surface area contributed by atoms with E-state index in [0.29, 0.717) is 12.0 Å². The highest BCUT2D eigenvalue weighted by Gasteiger charge is 2.47. The number of aliphatic hydroxyl groups excluding tert-OH is 1. The molecular weight excluding hydrogens is 496 g/mol. The number of benzene rings is 2. The summed E-state index contributed by atoms with van der Waals surface area (Å²) in [5.41, 5.74) is 1.74. The SMILES string of the molecule is CCCOC(=O)c1cccc(N2C(=O)C(=O)/C(=C(/O)c3cc(C)cc(Cl)c3OC)C2c2cccnc2)c1. The zero-order valence-electron chi connectivity index (χ0n) is 20.5. The molecule has 2 heterocycles. The Bertz CT molecular complexity index is 1400. The first kappa shape index (κ1) is 25.9. The Hall–Kier alpha value is -4.17. The van der Waals surface area contributed by atoms with Crippen LogP contribution < -0.4 is 9.64 Å². The summed E-state index contributed by atoms with van der Waals surface area (Å²) in [5, 5.41) is 11.7. The Labute approximate surface area is 219 Å². The van der Waals surface area contributed by atoms with Gasteiger partial charge in [-0.05, 0) is 60.9 Å². The maximum atomic E-state index is 13.4. The van der Waals surface area contributed by atoms with Crippen molar-refractivity contribution in [3.05, 3.63) is 93.8 Å². The van der Waals surface area contributed by atoms with Crippen molar-refractivity contribution in [1.82, 2.24) is 4.98 Å². The van der Waals surface area contributed by atoms with E-state index in [1.807, 2.05) is 6.92 Å². The summed E-state index contributed by atoms with van der Waals surface area (Å²) in [5.74, 6) is -2.58. The number of methoxy groups -OCH3 is 1. The van der Waals surface area contributed by atoms with Crippen LogP contribution in [-0.2, 0) is 14.3 Å². The van der Waals surface area contributed by atoms with Crippen molar-refractivity contribution < 1.29 is 29.0 Å². The van der Waals surface area contributed by atoms with Gasteiger partial charge in [-0.1, -0.05) is 30.7 Å². The Morgan fingerprint density at radius 3 is 2.62 bits per heavy atom. The second kappa shape index (κ2) is 10.8. The van der Waals surface area contributed by atoms with Gasteiger partial charge in [0.15, 0.2) is 0 Å². The first-order chi connectivity index (χ1) is 17.8. The van der Waals surface area contributed by atoms with Crippen molar-refractivity contribution in [2.45, 2.75) is 26.3 Å². The van der Waals surface area contributed by atoms with Crippen LogP contribution in [0.5, 0.6) is 5.75 Å². The Balaban J connectivity index is 1.92. The molecule has 0 aliphatic carbocycles. The molecule has 3 aromatic rings. The van der Waals surface area contributed by atoms with E-state index < -0.39 is 29.5 Å². The number of rotatable bonds is 7. The maximum Gasteiger partial charge on any atom is 0.338 e. The summed E-state index contributed by atoms with van der Waals surface area (Å²) in [6.45, 7) is 3.92. The van der Waals surface area contributed by atoms with Crippen LogP contribution in [0.3, 0.4) is 0 Å². The van der Waals surface area contributed by atoms with Crippen molar-refractivity contribution in [3.63, 3.8) is 0 Å². The average Bonchev–Trinajstić information content (AvgIpc) is 3.17. The molecule has 1 atom stereocenters. The minimum atomic E-state index is -1.03. The van der Waals surface area contributed by atoms with Gasteiger partial charge < -0.3 is 14.6 Å². The Morgan fingerprint density at radius 1 is 1.16 bits per heavy atom. The number of pyridine rings is 1. The summed E-state index contributed by atoms with van der Waals surface area (Å²) in [4.78, 5) is 44.7. The topological polar surface area (TPSA) is 106 Å². The number of ketones is 1. The lowest BCUT2D eigenvalue weighted by molar-refractivity contribution is -0.132. The summed E-state index contributed by atoms with van der Waals surface area (Å²) >= 11 is 6.34. The third kappa shape index (κ3) is 4.93. The first-order valence-corrected chi connectivity index (χ1v) is 12.0. The van der Waals surface area contributed by atoms with Gasteiger partial charge in [0.25, 0.3) is 11.7 Å². The number of aromatic nitrogens is 1. The molecule has 0 radical (unpaired) electrons. The number of ether oxygens (including phenoxy) is 2. The van der Waals surface area contributed by atoms with E-state index in [2.05, 4.69) is 4.98 Å². The molecular formula is C28H25ClN2O6. The predicted molar refractivity (Wildman–Crippen MR) is 139 cm³/mol. The van der Waals surface area contributed by atoms with Crippen molar-refractivity contribution in [2.75, 3.05) is 18.6 Å². The Morgan fingerprint density at radius 2 is 1.95 bits per heavy atom. The molecule has 1 unspecified atom stereocenters. The lowest BCUT2D eigenvalue weighted by Crippen LogP contribution is -2.29. The van der Waals surface area contributed by atoms with Gasteiger partial charge in [-0.3, -0.25) is 19.5 Å². The molecule has 1 N–H and O–H groups in total. The van der Waals surface area contributed by atoms with Crippen LogP contribution in [0.15, 0.2) is 66.5 Å². The number of Topliss-reactive ketones (excluding diaryl/α,β-unsaturated/α-hetero) is 1. The van der Waals surface area contributed by atoms with E-state index in [1.165, 1.54) is 24.3 Å². The molecule has 4 rings (SSSR count).